The number of benzene rings is 2. The predicted octanol–water partition coefficient (Wildman–Crippen LogP) is 3.88. The van der Waals surface area contributed by atoms with Crippen molar-refractivity contribution in [2.45, 2.75) is 19.5 Å². The maximum atomic E-state index is 5.41. The van der Waals surface area contributed by atoms with E-state index in [1.807, 2.05) is 6.07 Å². The fourth-order valence-corrected chi connectivity index (χ4v) is 3.81. The number of hydrogen-bond donors (Lipinski definition) is 1. The molecule has 0 saturated heterocycles. The Morgan fingerprint density at radius 3 is 2.74 bits per heavy atom. The van der Waals surface area contributed by atoms with E-state index in [9.17, 15) is 0 Å². The van der Waals surface area contributed by atoms with Gasteiger partial charge in [0, 0.05) is 34.1 Å². The van der Waals surface area contributed by atoms with Crippen molar-refractivity contribution in [3.8, 4) is 5.75 Å². The molecule has 3 heteroatoms. The summed E-state index contributed by atoms with van der Waals surface area (Å²) in [6, 6.07) is 17.2. The van der Waals surface area contributed by atoms with Crippen molar-refractivity contribution in [1.82, 2.24) is 4.98 Å². The molecule has 1 aliphatic rings. The average Bonchev–Trinajstić information content (AvgIpc) is 2.92. The van der Waals surface area contributed by atoms with Crippen LogP contribution in [0.4, 0.5) is 0 Å². The number of aromatic amines is 1. The minimum absolute atomic E-state index is 0.933. The molecule has 2 aromatic carbocycles. The summed E-state index contributed by atoms with van der Waals surface area (Å²) in [6.07, 6.45) is 1.11. The third-order valence-corrected chi connectivity index (χ3v) is 5.05. The van der Waals surface area contributed by atoms with E-state index in [4.69, 9.17) is 4.74 Å². The first-order chi connectivity index (χ1) is 11.2. The van der Waals surface area contributed by atoms with Crippen LogP contribution < -0.4 is 4.74 Å². The molecule has 0 radical (unpaired) electrons. The summed E-state index contributed by atoms with van der Waals surface area (Å²) >= 11 is 0. The molecule has 0 bridgehead atoms. The van der Waals surface area contributed by atoms with Gasteiger partial charge >= 0.3 is 0 Å². The number of nitrogens with zero attached hydrogens (tertiary/aromatic N) is 1. The van der Waals surface area contributed by atoms with Crippen LogP contribution in [-0.4, -0.2) is 30.2 Å². The van der Waals surface area contributed by atoms with Gasteiger partial charge in [-0.1, -0.05) is 30.3 Å². The van der Waals surface area contributed by atoms with Crippen molar-refractivity contribution in [2.24, 2.45) is 0 Å². The van der Waals surface area contributed by atoms with E-state index in [0.717, 1.165) is 29.7 Å². The zero-order valence-electron chi connectivity index (χ0n) is 13.8. The molecular weight excluding hydrogens is 284 g/mol. The molecule has 3 aromatic rings. The van der Waals surface area contributed by atoms with Crippen molar-refractivity contribution in [1.29, 1.82) is 0 Å². The summed E-state index contributed by atoms with van der Waals surface area (Å²) in [6.45, 7) is 3.32. The second-order valence-electron chi connectivity index (χ2n) is 6.89. The van der Waals surface area contributed by atoms with Gasteiger partial charge in [0.1, 0.15) is 18.8 Å². The minimum Gasteiger partial charge on any atom is -0.497 e. The first-order valence-electron chi connectivity index (χ1n) is 8.22. The van der Waals surface area contributed by atoms with Crippen molar-refractivity contribution < 1.29 is 9.22 Å². The lowest BCUT2D eigenvalue weighted by molar-refractivity contribution is -0.937. The Balaban J connectivity index is 1.70. The molecule has 1 aliphatic heterocycles. The molecule has 4 rings (SSSR count). The lowest BCUT2D eigenvalue weighted by atomic mass is 10.0. The monoisotopic (exact) mass is 307 g/mol. The summed E-state index contributed by atoms with van der Waals surface area (Å²) in [4.78, 5) is 3.60. The number of nitrogens with one attached hydrogen (secondary N) is 1. The van der Waals surface area contributed by atoms with Crippen LogP contribution in [0.5, 0.6) is 5.75 Å². The topological polar surface area (TPSA) is 25.0 Å². The van der Waals surface area contributed by atoms with Crippen LogP contribution in [0.1, 0.15) is 16.8 Å². The second kappa shape index (κ2) is 5.43. The Morgan fingerprint density at radius 2 is 1.96 bits per heavy atom. The standard InChI is InChI=1S/C20H23N2O/c1-22(13-15-6-4-3-5-7-15)11-10-20-18(14-22)17-12-16(23-2)8-9-19(17)21-20/h3-9,12,21H,10-11,13-14H2,1-2H3/q+1. The van der Waals surface area contributed by atoms with E-state index >= 15 is 0 Å². The Labute approximate surface area is 137 Å². The molecule has 118 valence electrons. The largest absolute Gasteiger partial charge is 0.497 e. The molecule has 0 spiro atoms. The van der Waals surface area contributed by atoms with Crippen molar-refractivity contribution in [3.63, 3.8) is 0 Å². The van der Waals surface area contributed by atoms with Crippen LogP contribution in [0.15, 0.2) is 48.5 Å². The minimum atomic E-state index is 0.933. The molecule has 0 amide bonds. The van der Waals surface area contributed by atoms with E-state index in [0.29, 0.717) is 0 Å². The number of fused-ring (bicyclic) bond motifs is 3. The maximum absolute atomic E-state index is 5.41. The number of methoxy groups -OCH3 is 1. The molecule has 1 N–H and O–H groups in total. The van der Waals surface area contributed by atoms with Crippen LogP contribution in [0.2, 0.25) is 0 Å². The highest BCUT2D eigenvalue weighted by molar-refractivity contribution is 5.86. The maximum Gasteiger partial charge on any atom is 0.119 e. The first-order valence-corrected chi connectivity index (χ1v) is 8.22. The molecule has 1 atom stereocenters. The molecule has 0 aliphatic carbocycles. The number of aromatic nitrogens is 1. The number of H-pyrrole nitrogens is 1. The van der Waals surface area contributed by atoms with Gasteiger partial charge in [-0.15, -0.1) is 0 Å². The van der Waals surface area contributed by atoms with E-state index in [1.165, 1.54) is 34.3 Å². The molecule has 0 saturated carbocycles. The molecule has 0 fully saturated rings. The zero-order chi connectivity index (χ0) is 15.9. The van der Waals surface area contributed by atoms with Crippen LogP contribution in [-0.2, 0) is 19.5 Å². The summed E-state index contributed by atoms with van der Waals surface area (Å²) in [5.74, 6) is 0.933. The average molecular weight is 307 g/mol. The first kappa shape index (κ1) is 14.3. The van der Waals surface area contributed by atoms with Gasteiger partial charge < -0.3 is 14.2 Å². The highest BCUT2D eigenvalue weighted by Crippen LogP contribution is 2.33. The van der Waals surface area contributed by atoms with Crippen LogP contribution in [0.3, 0.4) is 0 Å². The third-order valence-electron chi connectivity index (χ3n) is 5.05. The highest BCUT2D eigenvalue weighted by atomic mass is 16.5. The number of rotatable bonds is 3. The molecule has 3 nitrogen and oxygen atoms in total. The summed E-state index contributed by atoms with van der Waals surface area (Å²) in [7, 11) is 4.10. The Morgan fingerprint density at radius 1 is 1.13 bits per heavy atom. The summed E-state index contributed by atoms with van der Waals surface area (Å²) in [5, 5.41) is 1.32. The van der Waals surface area contributed by atoms with Crippen molar-refractivity contribution in [2.75, 3.05) is 20.7 Å². The van der Waals surface area contributed by atoms with Crippen molar-refractivity contribution in [3.05, 3.63) is 65.4 Å². The third kappa shape index (κ3) is 2.62. The number of quaternary nitrogens is 1. The van der Waals surface area contributed by atoms with Gasteiger partial charge in [0.05, 0.1) is 20.7 Å². The van der Waals surface area contributed by atoms with Gasteiger partial charge in [-0.25, -0.2) is 0 Å². The highest BCUT2D eigenvalue weighted by Gasteiger charge is 2.31. The molecule has 23 heavy (non-hydrogen) atoms. The van der Waals surface area contributed by atoms with Crippen LogP contribution >= 0.6 is 0 Å². The fourth-order valence-electron chi connectivity index (χ4n) is 3.81. The summed E-state index contributed by atoms with van der Waals surface area (Å²) in [5.41, 5.74) is 5.50. The van der Waals surface area contributed by atoms with Gasteiger partial charge in [-0.2, -0.15) is 0 Å². The number of hydrogen-bond acceptors (Lipinski definition) is 1. The number of likely N-dealkylation sites (N-methyl/N-ethyl adjacent to an activating group) is 1. The van der Waals surface area contributed by atoms with E-state index in [2.05, 4.69) is 54.5 Å². The van der Waals surface area contributed by atoms with Gasteiger partial charge in [0.15, 0.2) is 0 Å². The fraction of sp³-hybridized carbons (Fsp3) is 0.300. The molecule has 1 unspecified atom stereocenters. The van der Waals surface area contributed by atoms with Gasteiger partial charge in [-0.05, 0) is 18.2 Å². The van der Waals surface area contributed by atoms with E-state index < -0.39 is 0 Å². The van der Waals surface area contributed by atoms with E-state index in [-0.39, 0.29) is 0 Å². The smallest absolute Gasteiger partial charge is 0.119 e. The number of ether oxygens (including phenoxy) is 1. The van der Waals surface area contributed by atoms with Gasteiger partial charge in [0.25, 0.3) is 0 Å². The van der Waals surface area contributed by atoms with Crippen molar-refractivity contribution >= 4 is 10.9 Å². The predicted molar refractivity (Wildman–Crippen MR) is 93.5 cm³/mol. The molecule has 2 heterocycles. The van der Waals surface area contributed by atoms with Crippen LogP contribution in [0, 0.1) is 0 Å². The summed E-state index contributed by atoms with van der Waals surface area (Å²) < 4.78 is 6.47. The normalized spacial score (nSPS) is 20.4. The van der Waals surface area contributed by atoms with Crippen LogP contribution in [0.25, 0.3) is 10.9 Å². The Kier molecular flexibility index (Phi) is 3.38. The quantitative estimate of drug-likeness (QED) is 0.730. The SMILES string of the molecule is COc1ccc2[nH]c3c(c2c1)C[N+](C)(Cc1ccccc1)CC3. The second-order valence-corrected chi connectivity index (χ2v) is 6.89. The van der Waals surface area contributed by atoms with Gasteiger partial charge in [-0.3, -0.25) is 0 Å². The van der Waals surface area contributed by atoms with E-state index in [1.54, 1.807) is 7.11 Å². The molecule has 1 aromatic heterocycles. The lowest BCUT2D eigenvalue weighted by Gasteiger charge is -2.38. The molecular formula is C20H23N2O+. The lowest BCUT2D eigenvalue weighted by Crippen LogP contribution is -2.46. The van der Waals surface area contributed by atoms with Gasteiger partial charge in [0.2, 0.25) is 0 Å². The zero-order valence-corrected chi connectivity index (χ0v) is 13.8. The Hall–Kier alpha value is -2.26. The Bertz CT molecular complexity index is 837.